The predicted molar refractivity (Wildman–Crippen MR) is 111 cm³/mol. The summed E-state index contributed by atoms with van der Waals surface area (Å²) in [7, 11) is -4.26. The zero-order valence-corrected chi connectivity index (χ0v) is 17.3. The maximum Gasteiger partial charge on any atom is 0.283 e. The lowest BCUT2D eigenvalue weighted by molar-refractivity contribution is -0.578. The maximum atomic E-state index is 13.2. The van der Waals surface area contributed by atoms with Crippen LogP contribution in [0.5, 0.6) is 0 Å². The Balaban J connectivity index is 1.99. The molecule has 0 N–H and O–H groups in total. The van der Waals surface area contributed by atoms with Gasteiger partial charge in [0.2, 0.25) is 11.5 Å². The summed E-state index contributed by atoms with van der Waals surface area (Å²) >= 11 is 5.83. The van der Waals surface area contributed by atoms with Crippen LogP contribution < -0.4 is 9.67 Å². The number of hydrogen-bond donors (Lipinski definition) is 0. The Morgan fingerprint density at radius 3 is 2.30 bits per heavy atom. The largest absolute Gasteiger partial charge is 0.867 e. The van der Waals surface area contributed by atoms with Crippen LogP contribution in [0, 0.1) is 6.92 Å². The van der Waals surface area contributed by atoms with Gasteiger partial charge in [0.05, 0.1) is 4.90 Å². The van der Waals surface area contributed by atoms with E-state index in [4.69, 9.17) is 11.6 Å². The third-order valence-electron chi connectivity index (χ3n) is 4.60. The van der Waals surface area contributed by atoms with Crippen molar-refractivity contribution in [2.75, 3.05) is 0 Å². The Hall–Kier alpha value is -3.29. The van der Waals surface area contributed by atoms with Gasteiger partial charge >= 0.3 is 0 Å². The van der Waals surface area contributed by atoms with E-state index >= 15 is 0 Å². The van der Waals surface area contributed by atoms with E-state index in [0.717, 1.165) is 5.56 Å². The standard InChI is InChI=1S/C22H15ClN2O4S/c1-14-5-4-12-25(13-14)20-19(21(26)17-6-2-3-7-18(17)22(20)27)24-30(28,29)16-10-8-15(23)9-11-16/h2-13H,1H3. The van der Waals surface area contributed by atoms with E-state index in [0.29, 0.717) is 5.02 Å². The van der Waals surface area contributed by atoms with Gasteiger partial charge in [-0.05, 0) is 48.6 Å². The Morgan fingerprint density at radius 2 is 1.63 bits per heavy atom. The minimum absolute atomic E-state index is 0.111. The van der Waals surface area contributed by atoms with Gasteiger partial charge in [-0.2, -0.15) is 13.0 Å². The number of nitrogens with zero attached hydrogens (tertiary/aromatic N) is 2. The molecule has 150 valence electrons. The second kappa shape index (κ2) is 7.51. The van der Waals surface area contributed by atoms with Gasteiger partial charge in [-0.25, -0.2) is 0 Å². The molecule has 2 aromatic carbocycles. The molecule has 0 amide bonds. The van der Waals surface area contributed by atoms with E-state index in [9.17, 15) is 18.3 Å². The number of Topliss-reactive ketones (excluding diaryl/α,β-unsaturated/α-hetero) is 1. The number of sulfonamides is 1. The van der Waals surface area contributed by atoms with Gasteiger partial charge in [-0.3, -0.25) is 4.79 Å². The molecule has 0 aliphatic heterocycles. The van der Waals surface area contributed by atoms with E-state index in [-0.39, 0.29) is 21.7 Å². The van der Waals surface area contributed by atoms with Crippen LogP contribution in [0.1, 0.15) is 21.5 Å². The highest BCUT2D eigenvalue weighted by Crippen LogP contribution is 2.28. The molecule has 0 atom stereocenters. The summed E-state index contributed by atoms with van der Waals surface area (Å²) in [4.78, 5) is 13.1. The van der Waals surface area contributed by atoms with Crippen LogP contribution in [0.2, 0.25) is 5.02 Å². The van der Waals surface area contributed by atoms with Crippen LogP contribution in [0.4, 0.5) is 0 Å². The van der Waals surface area contributed by atoms with Crippen molar-refractivity contribution in [1.82, 2.24) is 0 Å². The molecule has 3 aromatic rings. The maximum absolute atomic E-state index is 13.2. The Kier molecular flexibility index (Phi) is 5.01. The number of fused-ring (bicyclic) bond motifs is 1. The quantitative estimate of drug-likeness (QED) is 0.588. The van der Waals surface area contributed by atoms with Crippen LogP contribution in [0.3, 0.4) is 0 Å². The van der Waals surface area contributed by atoms with Gasteiger partial charge in [0.15, 0.2) is 18.1 Å². The average molecular weight is 439 g/mol. The minimum Gasteiger partial charge on any atom is -0.867 e. The number of hydrogen-bond acceptors (Lipinski definition) is 4. The lowest BCUT2D eigenvalue weighted by atomic mass is 9.91. The fourth-order valence-electron chi connectivity index (χ4n) is 3.19. The lowest BCUT2D eigenvalue weighted by Gasteiger charge is -2.23. The molecule has 0 saturated carbocycles. The SMILES string of the molecule is Cc1ccc[n+](C2=C([O-])c3ccccc3C(=O)C2=NS(=O)(=O)c2ccc(Cl)cc2)c1. The van der Waals surface area contributed by atoms with E-state index in [1.54, 1.807) is 30.6 Å². The number of benzene rings is 2. The number of aromatic nitrogens is 1. The van der Waals surface area contributed by atoms with Crippen molar-refractivity contribution in [2.24, 2.45) is 4.40 Å². The molecular formula is C22H15ClN2O4S. The summed E-state index contributed by atoms with van der Waals surface area (Å²) in [5, 5.41) is 13.6. The molecular weight excluding hydrogens is 424 g/mol. The summed E-state index contributed by atoms with van der Waals surface area (Å²) in [6.45, 7) is 1.82. The van der Waals surface area contributed by atoms with Crippen LogP contribution in [0.25, 0.3) is 11.5 Å². The summed E-state index contributed by atoms with van der Waals surface area (Å²) in [6.07, 6.45) is 3.21. The summed E-state index contributed by atoms with van der Waals surface area (Å²) in [5.74, 6) is -1.11. The number of carbonyl (C=O) groups is 1. The first kappa shape index (κ1) is 20.0. The third-order valence-corrected chi connectivity index (χ3v) is 6.14. The highest BCUT2D eigenvalue weighted by Gasteiger charge is 2.35. The molecule has 0 bridgehead atoms. The molecule has 1 heterocycles. The third kappa shape index (κ3) is 3.53. The van der Waals surface area contributed by atoms with Gasteiger partial charge in [0.25, 0.3) is 10.0 Å². The normalized spacial score (nSPS) is 15.4. The Bertz CT molecular complexity index is 1340. The van der Waals surface area contributed by atoms with Crippen molar-refractivity contribution >= 4 is 44.6 Å². The van der Waals surface area contributed by atoms with Crippen LogP contribution in [-0.2, 0) is 10.0 Å². The molecule has 4 rings (SSSR count). The second-order valence-corrected chi connectivity index (χ2v) is 8.75. The first-order valence-electron chi connectivity index (χ1n) is 8.92. The second-order valence-electron chi connectivity index (χ2n) is 6.71. The molecule has 1 aliphatic rings. The minimum atomic E-state index is -4.26. The van der Waals surface area contributed by atoms with Crippen molar-refractivity contribution in [3.63, 3.8) is 0 Å². The fourth-order valence-corrected chi connectivity index (χ4v) is 4.31. The van der Waals surface area contributed by atoms with Crippen molar-refractivity contribution in [1.29, 1.82) is 0 Å². The van der Waals surface area contributed by atoms with E-state index in [1.165, 1.54) is 41.0 Å². The molecule has 8 heteroatoms. The molecule has 0 unspecified atom stereocenters. The molecule has 1 aromatic heterocycles. The zero-order valence-electron chi connectivity index (χ0n) is 15.7. The van der Waals surface area contributed by atoms with Crippen molar-refractivity contribution in [3.8, 4) is 0 Å². The van der Waals surface area contributed by atoms with Crippen LogP contribution in [-0.4, -0.2) is 19.9 Å². The monoisotopic (exact) mass is 438 g/mol. The van der Waals surface area contributed by atoms with Gasteiger partial charge in [-0.1, -0.05) is 35.9 Å². The number of allylic oxidation sites excluding steroid dienone is 1. The Labute approximate surface area is 178 Å². The summed E-state index contributed by atoms with van der Waals surface area (Å²) < 4.78 is 31.0. The Morgan fingerprint density at radius 1 is 0.967 bits per heavy atom. The smallest absolute Gasteiger partial charge is 0.283 e. The molecule has 1 aliphatic carbocycles. The molecule has 0 fully saturated rings. The first-order valence-corrected chi connectivity index (χ1v) is 10.7. The van der Waals surface area contributed by atoms with E-state index < -0.39 is 27.3 Å². The molecule has 0 radical (unpaired) electrons. The van der Waals surface area contributed by atoms with Gasteiger partial charge in [0.1, 0.15) is 0 Å². The van der Waals surface area contributed by atoms with Crippen molar-refractivity contribution < 1.29 is 22.9 Å². The summed E-state index contributed by atoms with van der Waals surface area (Å²) in [5.41, 5.74) is 0.604. The molecule has 0 saturated heterocycles. The number of rotatable bonds is 3. The number of pyridine rings is 1. The number of halogens is 1. The van der Waals surface area contributed by atoms with Crippen molar-refractivity contribution in [2.45, 2.75) is 11.8 Å². The highest BCUT2D eigenvalue weighted by atomic mass is 35.5. The first-order chi connectivity index (χ1) is 14.3. The molecule has 0 spiro atoms. The number of carbonyl (C=O) groups excluding carboxylic acids is 1. The van der Waals surface area contributed by atoms with Crippen molar-refractivity contribution in [3.05, 3.63) is 94.8 Å². The average Bonchev–Trinajstić information content (AvgIpc) is 2.72. The highest BCUT2D eigenvalue weighted by molar-refractivity contribution is 7.90. The predicted octanol–water partition coefficient (Wildman–Crippen LogP) is 2.65. The fraction of sp³-hybridized carbons (Fsp3) is 0.0455. The van der Waals surface area contributed by atoms with Crippen LogP contribution in [0.15, 0.2) is 82.4 Å². The van der Waals surface area contributed by atoms with Gasteiger partial charge < -0.3 is 5.11 Å². The van der Waals surface area contributed by atoms with E-state index in [2.05, 4.69) is 4.40 Å². The molecule has 30 heavy (non-hydrogen) atoms. The summed E-state index contributed by atoms with van der Waals surface area (Å²) in [6, 6.07) is 15.2. The van der Waals surface area contributed by atoms with Gasteiger partial charge in [-0.15, -0.1) is 4.40 Å². The van der Waals surface area contributed by atoms with Crippen LogP contribution >= 0.6 is 11.6 Å². The lowest BCUT2D eigenvalue weighted by Crippen LogP contribution is -2.43. The number of aryl methyl sites for hydroxylation is 1. The van der Waals surface area contributed by atoms with E-state index in [1.807, 2.05) is 13.0 Å². The number of ketones is 1. The zero-order chi connectivity index (χ0) is 21.5. The topological polar surface area (TPSA) is 90.5 Å². The van der Waals surface area contributed by atoms with Gasteiger partial charge in [0, 0.05) is 22.2 Å². The molecule has 6 nitrogen and oxygen atoms in total.